The molecule has 1 aromatic carbocycles. The summed E-state index contributed by atoms with van der Waals surface area (Å²) < 4.78 is 0.845. The van der Waals surface area contributed by atoms with Gasteiger partial charge in [0.1, 0.15) is 0 Å². The summed E-state index contributed by atoms with van der Waals surface area (Å²) in [6.45, 7) is 5.59. The molecule has 1 saturated heterocycles. The van der Waals surface area contributed by atoms with Crippen LogP contribution in [0, 0.1) is 6.92 Å². The van der Waals surface area contributed by atoms with E-state index in [9.17, 15) is 9.59 Å². The lowest BCUT2D eigenvalue weighted by Gasteiger charge is -2.28. The summed E-state index contributed by atoms with van der Waals surface area (Å²) in [7, 11) is 0. The van der Waals surface area contributed by atoms with Gasteiger partial charge in [-0.15, -0.1) is 0 Å². The van der Waals surface area contributed by atoms with Crippen molar-refractivity contribution in [1.29, 1.82) is 0 Å². The summed E-state index contributed by atoms with van der Waals surface area (Å²) >= 11 is 3.39. The van der Waals surface area contributed by atoms with Crippen LogP contribution < -0.4 is 4.90 Å². The van der Waals surface area contributed by atoms with Gasteiger partial charge in [-0.3, -0.25) is 9.59 Å². The lowest BCUT2D eigenvalue weighted by molar-refractivity contribution is -0.114. The molecule has 0 aliphatic carbocycles. The minimum Gasteiger partial charge on any atom is -0.303 e. The molecule has 4 nitrogen and oxygen atoms in total. The first-order chi connectivity index (χ1) is 10.1. The molecule has 0 unspecified atom stereocenters. The van der Waals surface area contributed by atoms with Crippen molar-refractivity contribution < 1.29 is 9.59 Å². The molecule has 3 rings (SSSR count). The molecule has 0 N–H and O–H groups in total. The van der Waals surface area contributed by atoms with Crippen molar-refractivity contribution >= 4 is 33.3 Å². The smallest absolute Gasteiger partial charge is 0.299 e. The van der Waals surface area contributed by atoms with Gasteiger partial charge >= 0.3 is 0 Å². The highest BCUT2D eigenvalue weighted by molar-refractivity contribution is 9.10. The normalized spacial score (nSPS) is 19.2. The molecular formula is C16H19BrN2O2. The number of fused-ring (bicyclic) bond motifs is 1. The molecule has 0 spiro atoms. The van der Waals surface area contributed by atoms with Crippen LogP contribution in [-0.2, 0) is 4.79 Å². The summed E-state index contributed by atoms with van der Waals surface area (Å²) in [6.07, 6.45) is 3.76. The fourth-order valence-corrected chi connectivity index (χ4v) is 3.82. The molecule has 0 bridgehead atoms. The third-order valence-electron chi connectivity index (χ3n) is 4.31. The highest BCUT2D eigenvalue weighted by atomic mass is 79.9. The number of piperidine rings is 1. The van der Waals surface area contributed by atoms with E-state index < -0.39 is 0 Å². The van der Waals surface area contributed by atoms with Gasteiger partial charge in [-0.1, -0.05) is 22.4 Å². The van der Waals surface area contributed by atoms with Crippen molar-refractivity contribution in [3.63, 3.8) is 0 Å². The minimum atomic E-state index is -0.386. The maximum atomic E-state index is 12.2. The van der Waals surface area contributed by atoms with Gasteiger partial charge in [0.25, 0.3) is 11.7 Å². The van der Waals surface area contributed by atoms with E-state index in [1.165, 1.54) is 19.3 Å². The van der Waals surface area contributed by atoms with Crippen molar-refractivity contribution in [3.05, 3.63) is 27.7 Å². The zero-order valence-electron chi connectivity index (χ0n) is 12.2. The molecule has 0 saturated carbocycles. The Bertz CT molecular complexity index is 594. The van der Waals surface area contributed by atoms with E-state index in [1.807, 2.05) is 13.0 Å². The second-order valence-electron chi connectivity index (χ2n) is 5.81. The fourth-order valence-electron chi connectivity index (χ4n) is 3.24. The molecule has 0 aromatic heterocycles. The number of likely N-dealkylation sites (tertiary alicyclic amines) is 1. The first kappa shape index (κ1) is 14.7. The van der Waals surface area contributed by atoms with Crippen LogP contribution in [0.3, 0.4) is 0 Å². The van der Waals surface area contributed by atoms with Gasteiger partial charge in [-0.05, 0) is 50.6 Å². The monoisotopic (exact) mass is 350 g/mol. The first-order valence-electron chi connectivity index (χ1n) is 7.46. The molecule has 21 heavy (non-hydrogen) atoms. The Morgan fingerprint density at radius 3 is 2.52 bits per heavy atom. The van der Waals surface area contributed by atoms with Gasteiger partial charge in [0.15, 0.2) is 0 Å². The van der Waals surface area contributed by atoms with Crippen LogP contribution in [0.2, 0.25) is 0 Å². The Balaban J connectivity index is 1.80. The zero-order chi connectivity index (χ0) is 15.0. The van der Waals surface area contributed by atoms with Gasteiger partial charge in [-0.2, -0.15) is 0 Å². The van der Waals surface area contributed by atoms with Crippen LogP contribution >= 0.6 is 15.9 Å². The Morgan fingerprint density at radius 2 is 1.81 bits per heavy atom. The van der Waals surface area contributed by atoms with Gasteiger partial charge in [0, 0.05) is 17.6 Å². The van der Waals surface area contributed by atoms with Crippen molar-refractivity contribution in [2.75, 3.05) is 31.1 Å². The van der Waals surface area contributed by atoms with Crippen LogP contribution in [-0.4, -0.2) is 42.8 Å². The molecule has 1 amide bonds. The van der Waals surface area contributed by atoms with E-state index >= 15 is 0 Å². The lowest BCUT2D eigenvalue weighted by atomic mass is 10.1. The highest BCUT2D eigenvalue weighted by Crippen LogP contribution is 2.34. The molecule has 2 aliphatic rings. The summed E-state index contributed by atoms with van der Waals surface area (Å²) in [6, 6.07) is 3.71. The number of hydrogen-bond acceptors (Lipinski definition) is 3. The van der Waals surface area contributed by atoms with Crippen LogP contribution in [0.4, 0.5) is 5.69 Å². The van der Waals surface area contributed by atoms with Crippen molar-refractivity contribution in [2.45, 2.75) is 26.2 Å². The first-order valence-corrected chi connectivity index (χ1v) is 8.26. The molecule has 0 atom stereocenters. The summed E-state index contributed by atoms with van der Waals surface area (Å²) in [5.41, 5.74) is 2.30. The number of halogens is 1. The van der Waals surface area contributed by atoms with Gasteiger partial charge in [0.2, 0.25) is 0 Å². The standard InChI is InChI=1S/C16H19BrN2O2/c1-11-9-12(17)10-13-14(11)19(16(21)15(13)20)8-7-18-5-3-2-4-6-18/h9-10H,2-8H2,1H3. The minimum absolute atomic E-state index is 0.381. The van der Waals surface area contributed by atoms with Crippen molar-refractivity contribution in [1.82, 2.24) is 4.90 Å². The van der Waals surface area contributed by atoms with Crippen LogP contribution in [0.5, 0.6) is 0 Å². The third-order valence-corrected chi connectivity index (χ3v) is 4.77. The highest BCUT2D eigenvalue weighted by Gasteiger charge is 2.37. The molecule has 1 fully saturated rings. The molecule has 1 aromatic rings. The Labute approximate surface area is 133 Å². The predicted molar refractivity (Wildman–Crippen MR) is 85.9 cm³/mol. The van der Waals surface area contributed by atoms with Crippen molar-refractivity contribution in [2.24, 2.45) is 0 Å². The van der Waals surface area contributed by atoms with E-state index in [0.29, 0.717) is 12.1 Å². The number of benzene rings is 1. The molecule has 0 radical (unpaired) electrons. The predicted octanol–water partition coefficient (Wildman–Crippen LogP) is 2.77. The molecule has 5 heteroatoms. The number of ketones is 1. The maximum Gasteiger partial charge on any atom is 0.299 e. The number of Topliss-reactive ketones (excluding diaryl/α,β-unsaturated/α-hetero) is 1. The van der Waals surface area contributed by atoms with E-state index in [0.717, 1.165) is 35.4 Å². The van der Waals surface area contributed by atoms with Crippen LogP contribution in [0.25, 0.3) is 0 Å². The number of amides is 1. The number of aryl methyl sites for hydroxylation is 1. The number of anilines is 1. The number of rotatable bonds is 3. The number of hydrogen-bond donors (Lipinski definition) is 0. The van der Waals surface area contributed by atoms with Crippen LogP contribution in [0.15, 0.2) is 16.6 Å². The second kappa shape index (κ2) is 5.89. The molecule has 2 aliphatic heterocycles. The zero-order valence-corrected chi connectivity index (χ0v) is 13.8. The van der Waals surface area contributed by atoms with Crippen molar-refractivity contribution in [3.8, 4) is 0 Å². The summed E-state index contributed by atoms with van der Waals surface area (Å²) in [5.74, 6) is -0.767. The summed E-state index contributed by atoms with van der Waals surface area (Å²) in [5, 5.41) is 0. The second-order valence-corrected chi connectivity index (χ2v) is 6.72. The van der Waals surface area contributed by atoms with Gasteiger partial charge in [0.05, 0.1) is 11.3 Å². The average Bonchev–Trinajstić information content (AvgIpc) is 2.71. The van der Waals surface area contributed by atoms with E-state index in [2.05, 4.69) is 20.8 Å². The average molecular weight is 351 g/mol. The quantitative estimate of drug-likeness (QED) is 0.787. The third kappa shape index (κ3) is 2.77. The van der Waals surface area contributed by atoms with E-state index in [1.54, 1.807) is 11.0 Å². The van der Waals surface area contributed by atoms with Crippen LogP contribution in [0.1, 0.15) is 35.2 Å². The van der Waals surface area contributed by atoms with Gasteiger partial charge < -0.3 is 9.80 Å². The van der Waals surface area contributed by atoms with E-state index in [4.69, 9.17) is 0 Å². The Kier molecular flexibility index (Phi) is 4.13. The number of nitrogens with zero attached hydrogens (tertiary/aromatic N) is 2. The number of carbonyl (C=O) groups excluding carboxylic acids is 2. The van der Waals surface area contributed by atoms with E-state index in [-0.39, 0.29) is 11.7 Å². The topological polar surface area (TPSA) is 40.6 Å². The molecular weight excluding hydrogens is 332 g/mol. The maximum absolute atomic E-state index is 12.2. The summed E-state index contributed by atoms with van der Waals surface area (Å²) in [4.78, 5) is 28.4. The van der Waals surface area contributed by atoms with Gasteiger partial charge in [-0.25, -0.2) is 0 Å². The molecule has 112 valence electrons. The fraction of sp³-hybridized carbons (Fsp3) is 0.500. The Hall–Kier alpha value is -1.20. The Morgan fingerprint density at radius 1 is 1.10 bits per heavy atom. The largest absolute Gasteiger partial charge is 0.303 e. The number of carbonyl (C=O) groups is 2. The SMILES string of the molecule is Cc1cc(Br)cc2c1N(CCN1CCCCC1)C(=O)C2=O. The molecule has 2 heterocycles. The lowest BCUT2D eigenvalue weighted by Crippen LogP contribution is -2.40.